The number of esters is 3. The number of carbonyl (C=O) groups is 3. The van der Waals surface area contributed by atoms with Crippen LogP contribution in [0.2, 0.25) is 0 Å². The number of halogens is 1. The van der Waals surface area contributed by atoms with E-state index in [-0.39, 0.29) is 6.04 Å². The smallest absolute Gasteiger partial charge is 0.344 e. The molecule has 8 atom stereocenters. The zero-order valence-electron chi connectivity index (χ0n) is 14.2. The minimum atomic E-state index is -3.93. The van der Waals surface area contributed by atoms with Gasteiger partial charge in [-0.1, -0.05) is 22.6 Å². The lowest BCUT2D eigenvalue weighted by atomic mass is 9.84. The van der Waals surface area contributed by atoms with E-state index in [0.29, 0.717) is 6.42 Å². The summed E-state index contributed by atoms with van der Waals surface area (Å²) in [6.45, 7) is 0.145. The van der Waals surface area contributed by atoms with Gasteiger partial charge >= 0.3 is 17.9 Å². The van der Waals surface area contributed by atoms with Gasteiger partial charge in [-0.2, -0.15) is 8.42 Å². The highest BCUT2D eigenvalue weighted by Gasteiger charge is 2.72. The van der Waals surface area contributed by atoms with Gasteiger partial charge in [0.1, 0.15) is 21.4 Å². The van der Waals surface area contributed by atoms with Gasteiger partial charge in [0, 0.05) is 24.4 Å². The predicted molar refractivity (Wildman–Crippen MR) is 95.1 cm³/mol. The molecule has 150 valence electrons. The van der Waals surface area contributed by atoms with Crippen LogP contribution in [-0.4, -0.2) is 74.0 Å². The summed E-state index contributed by atoms with van der Waals surface area (Å²) in [6, 6.07) is 0.0505. The Labute approximate surface area is 168 Å². The molecule has 2 saturated carbocycles. The van der Waals surface area contributed by atoms with E-state index in [1.54, 1.807) is 0 Å². The molecule has 4 rings (SSSR count). The summed E-state index contributed by atoms with van der Waals surface area (Å²) in [6.07, 6.45) is -1.30. The highest BCUT2D eigenvalue weighted by Crippen LogP contribution is 2.58. The summed E-state index contributed by atoms with van der Waals surface area (Å²) >= 11 is 1.94. The zero-order chi connectivity index (χ0) is 19.5. The van der Waals surface area contributed by atoms with Gasteiger partial charge in [-0.3, -0.25) is 13.8 Å². The SMILES string of the molecule is COC(=O)C1C2CC3C(OS(=O)(=O)C31)C2OC(=O)COC(=O)C(I)C1CN1. The van der Waals surface area contributed by atoms with Crippen LogP contribution in [0, 0.1) is 17.8 Å². The molecule has 0 aromatic heterocycles. The molecule has 2 bridgehead atoms. The maximum absolute atomic E-state index is 12.3. The molecule has 2 saturated heterocycles. The third kappa shape index (κ3) is 3.23. The van der Waals surface area contributed by atoms with Crippen molar-refractivity contribution in [3.8, 4) is 0 Å². The van der Waals surface area contributed by atoms with Gasteiger partial charge in [0.05, 0.1) is 13.0 Å². The lowest BCUT2D eigenvalue weighted by Crippen LogP contribution is -2.46. The Balaban J connectivity index is 1.41. The van der Waals surface area contributed by atoms with Crippen molar-refractivity contribution >= 4 is 50.6 Å². The van der Waals surface area contributed by atoms with Crippen molar-refractivity contribution < 1.29 is 41.2 Å². The minimum absolute atomic E-state index is 0.0505. The first-order valence-electron chi connectivity index (χ1n) is 8.48. The fourth-order valence-electron chi connectivity index (χ4n) is 4.42. The molecule has 8 unspecified atom stereocenters. The van der Waals surface area contributed by atoms with Crippen LogP contribution < -0.4 is 5.32 Å². The quantitative estimate of drug-likeness (QED) is 0.114. The number of nitrogens with one attached hydrogen (secondary N) is 1. The number of alkyl halides is 1. The van der Waals surface area contributed by atoms with Crippen LogP contribution in [0.15, 0.2) is 0 Å². The van der Waals surface area contributed by atoms with Crippen LogP contribution in [0.5, 0.6) is 0 Å². The zero-order valence-corrected chi connectivity index (χ0v) is 17.2. The van der Waals surface area contributed by atoms with E-state index in [1.807, 2.05) is 22.6 Å². The number of rotatable bonds is 6. The molecule has 10 nitrogen and oxygen atoms in total. The van der Waals surface area contributed by atoms with E-state index in [4.69, 9.17) is 18.4 Å². The Bertz CT molecular complexity index is 782. The second kappa shape index (κ2) is 6.81. The number of methoxy groups -OCH3 is 1. The maximum Gasteiger partial charge on any atom is 0.344 e. The molecule has 4 fully saturated rings. The summed E-state index contributed by atoms with van der Waals surface area (Å²) in [4.78, 5) is 36.1. The van der Waals surface area contributed by atoms with E-state index in [1.165, 1.54) is 7.11 Å². The minimum Gasteiger partial charge on any atom is -0.469 e. The molecule has 0 aromatic rings. The average molecular weight is 515 g/mol. The van der Waals surface area contributed by atoms with Crippen molar-refractivity contribution in [2.75, 3.05) is 20.3 Å². The molecule has 2 aliphatic carbocycles. The van der Waals surface area contributed by atoms with Crippen LogP contribution in [-0.2, 0) is 42.9 Å². The summed E-state index contributed by atoms with van der Waals surface area (Å²) in [5.41, 5.74) is 0. The first-order valence-corrected chi connectivity index (χ1v) is 11.2. The predicted octanol–water partition coefficient (Wildman–Crippen LogP) is -1.25. The largest absolute Gasteiger partial charge is 0.469 e. The molecule has 0 aromatic carbocycles. The first kappa shape index (κ1) is 19.3. The second-order valence-corrected chi connectivity index (χ2v) is 10.2. The average Bonchev–Trinajstić information content (AvgIpc) is 3.28. The highest BCUT2D eigenvalue weighted by atomic mass is 127. The number of ether oxygens (including phenoxy) is 3. The molecule has 1 N–H and O–H groups in total. The monoisotopic (exact) mass is 515 g/mol. The van der Waals surface area contributed by atoms with Gasteiger partial charge in [-0.05, 0) is 6.42 Å². The Hall–Kier alpha value is -0.990. The van der Waals surface area contributed by atoms with Crippen molar-refractivity contribution in [3.05, 3.63) is 0 Å². The Morgan fingerprint density at radius 3 is 2.63 bits per heavy atom. The van der Waals surface area contributed by atoms with Crippen LogP contribution in [0.25, 0.3) is 0 Å². The fraction of sp³-hybridized carbons (Fsp3) is 0.800. The number of fused-ring (bicyclic) bond motifs is 1. The van der Waals surface area contributed by atoms with E-state index in [2.05, 4.69) is 5.32 Å². The van der Waals surface area contributed by atoms with Crippen molar-refractivity contribution in [2.45, 2.75) is 33.8 Å². The molecule has 12 heteroatoms. The Morgan fingerprint density at radius 1 is 1.30 bits per heavy atom. The van der Waals surface area contributed by atoms with Gasteiger partial charge in [-0.25, -0.2) is 4.79 Å². The lowest BCUT2D eigenvalue weighted by Gasteiger charge is -2.29. The molecule has 2 aliphatic heterocycles. The van der Waals surface area contributed by atoms with E-state index in [9.17, 15) is 22.8 Å². The number of carbonyl (C=O) groups excluding carboxylic acids is 3. The van der Waals surface area contributed by atoms with E-state index < -0.39 is 73.8 Å². The number of hydrogen-bond donors (Lipinski definition) is 1. The van der Waals surface area contributed by atoms with Gasteiger partial charge in [0.2, 0.25) is 0 Å². The highest BCUT2D eigenvalue weighted by molar-refractivity contribution is 14.1. The number of hydrogen-bond acceptors (Lipinski definition) is 10. The fourth-order valence-corrected chi connectivity index (χ4v) is 7.17. The first-order chi connectivity index (χ1) is 12.7. The molecule has 27 heavy (non-hydrogen) atoms. The normalized spacial score (nSPS) is 41.0. The summed E-state index contributed by atoms with van der Waals surface area (Å²) in [7, 11) is -2.74. The summed E-state index contributed by atoms with van der Waals surface area (Å²) in [5.74, 6) is -3.82. The van der Waals surface area contributed by atoms with Crippen LogP contribution in [0.3, 0.4) is 0 Å². The van der Waals surface area contributed by atoms with Gasteiger partial charge in [-0.15, -0.1) is 0 Å². The molecule has 0 spiro atoms. The molecule has 2 heterocycles. The third-order valence-electron chi connectivity index (χ3n) is 5.62. The molecule has 0 radical (unpaired) electrons. The summed E-state index contributed by atoms with van der Waals surface area (Å²) in [5, 5.41) is 2.02. The van der Waals surface area contributed by atoms with E-state index >= 15 is 0 Å². The van der Waals surface area contributed by atoms with E-state index in [0.717, 1.165) is 6.54 Å². The standard InChI is InChI=1S/C15H18INO9S/c1-23-14(19)9-5-2-6-12(26-27(21,22)13(6)9)11(5)25-8(18)4-24-15(20)10(16)7-3-17-7/h5-7,9-13,17H,2-4H2,1H3. The van der Waals surface area contributed by atoms with Gasteiger partial charge in [0.25, 0.3) is 10.1 Å². The van der Waals surface area contributed by atoms with Crippen molar-refractivity contribution in [3.63, 3.8) is 0 Å². The Morgan fingerprint density at radius 2 is 2.00 bits per heavy atom. The lowest BCUT2D eigenvalue weighted by molar-refractivity contribution is -0.170. The van der Waals surface area contributed by atoms with Crippen molar-refractivity contribution in [2.24, 2.45) is 17.8 Å². The Kier molecular flexibility index (Phi) is 4.88. The van der Waals surface area contributed by atoms with Crippen LogP contribution in [0.1, 0.15) is 6.42 Å². The molecule has 0 amide bonds. The maximum atomic E-state index is 12.3. The van der Waals surface area contributed by atoms with Gasteiger partial charge < -0.3 is 19.5 Å². The topological polar surface area (TPSA) is 144 Å². The molecular formula is C15H18INO9S. The van der Waals surface area contributed by atoms with Crippen LogP contribution in [0.4, 0.5) is 0 Å². The van der Waals surface area contributed by atoms with Crippen LogP contribution >= 0.6 is 22.6 Å². The molecular weight excluding hydrogens is 497 g/mol. The van der Waals surface area contributed by atoms with Crippen molar-refractivity contribution in [1.82, 2.24) is 5.32 Å². The third-order valence-corrected chi connectivity index (χ3v) is 8.80. The van der Waals surface area contributed by atoms with Crippen molar-refractivity contribution in [1.29, 1.82) is 0 Å². The van der Waals surface area contributed by atoms with Gasteiger partial charge in [0.15, 0.2) is 6.61 Å². The molecule has 4 aliphatic rings. The summed E-state index contributed by atoms with van der Waals surface area (Å²) < 4.78 is 44.3. The second-order valence-electron chi connectivity index (χ2n) is 7.11.